The Kier molecular flexibility index (Phi) is 6.49. The molecule has 0 aromatic heterocycles. The van der Waals surface area contributed by atoms with E-state index in [1.165, 1.54) is 24.8 Å². The molecule has 2 heterocycles. The van der Waals surface area contributed by atoms with Crippen LogP contribution in [0.25, 0.3) is 0 Å². The second kappa shape index (κ2) is 8.16. The summed E-state index contributed by atoms with van der Waals surface area (Å²) in [6, 6.07) is 6.49. The summed E-state index contributed by atoms with van der Waals surface area (Å²) in [4.78, 5) is 14.8. The Morgan fingerprint density at radius 2 is 1.96 bits per heavy atom. The van der Waals surface area contributed by atoms with Crippen molar-refractivity contribution in [3.63, 3.8) is 0 Å². The van der Waals surface area contributed by atoms with Crippen LogP contribution in [0.15, 0.2) is 18.2 Å². The summed E-state index contributed by atoms with van der Waals surface area (Å²) in [7, 11) is 0. The maximum atomic E-state index is 12.8. The highest BCUT2D eigenvalue weighted by molar-refractivity contribution is 5.95. The van der Waals surface area contributed by atoms with Gasteiger partial charge < -0.3 is 10.2 Å². The van der Waals surface area contributed by atoms with E-state index in [9.17, 15) is 4.79 Å². The van der Waals surface area contributed by atoms with Crippen LogP contribution in [0.4, 0.5) is 0 Å². The summed E-state index contributed by atoms with van der Waals surface area (Å²) >= 11 is 0. The van der Waals surface area contributed by atoms with Crippen molar-refractivity contribution in [1.29, 1.82) is 0 Å². The fraction of sp³-hybridized carbons (Fsp3) is 0.632. The monoisotopic (exact) mass is 336 g/mol. The summed E-state index contributed by atoms with van der Waals surface area (Å²) in [5, 5.41) is 3.42. The van der Waals surface area contributed by atoms with Crippen LogP contribution in [0.5, 0.6) is 0 Å². The van der Waals surface area contributed by atoms with Gasteiger partial charge in [-0.1, -0.05) is 19.1 Å². The number of hydrogen-bond donors (Lipinski definition) is 1. The molecule has 1 aromatic carbocycles. The van der Waals surface area contributed by atoms with Gasteiger partial charge in [-0.25, -0.2) is 0 Å². The normalized spacial score (nSPS) is 22.5. The minimum absolute atomic E-state index is 0. The lowest BCUT2D eigenvalue weighted by atomic mass is 9.88. The third-order valence-electron chi connectivity index (χ3n) is 5.24. The molecule has 0 spiro atoms. The quantitative estimate of drug-likeness (QED) is 0.892. The van der Waals surface area contributed by atoms with E-state index in [0.717, 1.165) is 43.7 Å². The standard InChI is InChI=1S/C19H28N2O.ClH/c1-14-4-3-11-21(13-14)19(22)18-6-5-17(12-15(18)2)16-7-9-20-10-8-16;/h5-6,12,14,16,20H,3-4,7-11,13H2,1-2H3;1H. The number of piperidine rings is 2. The van der Waals surface area contributed by atoms with E-state index < -0.39 is 0 Å². The summed E-state index contributed by atoms with van der Waals surface area (Å²) in [6.07, 6.45) is 4.79. The van der Waals surface area contributed by atoms with Crippen LogP contribution in [0.2, 0.25) is 0 Å². The van der Waals surface area contributed by atoms with Crippen molar-refractivity contribution in [2.24, 2.45) is 5.92 Å². The number of carbonyl (C=O) groups excluding carboxylic acids is 1. The molecule has 23 heavy (non-hydrogen) atoms. The molecular formula is C19H29ClN2O. The number of amides is 1. The predicted octanol–water partition coefficient (Wildman–Crippen LogP) is 3.76. The molecule has 3 nitrogen and oxygen atoms in total. The molecule has 1 aromatic rings. The molecule has 1 atom stereocenters. The van der Waals surface area contributed by atoms with Crippen LogP contribution in [0, 0.1) is 12.8 Å². The van der Waals surface area contributed by atoms with E-state index in [2.05, 4.69) is 37.4 Å². The highest BCUT2D eigenvalue weighted by Crippen LogP contribution is 2.27. The molecule has 2 aliphatic rings. The summed E-state index contributed by atoms with van der Waals surface area (Å²) < 4.78 is 0. The van der Waals surface area contributed by atoms with Gasteiger partial charge in [0.05, 0.1) is 0 Å². The first kappa shape index (κ1) is 18.3. The molecule has 2 aliphatic heterocycles. The van der Waals surface area contributed by atoms with Crippen LogP contribution in [0.1, 0.15) is 60.0 Å². The molecule has 128 valence electrons. The van der Waals surface area contributed by atoms with Crippen molar-refractivity contribution in [1.82, 2.24) is 10.2 Å². The molecule has 3 rings (SSSR count). The average molecular weight is 337 g/mol. The molecule has 2 fully saturated rings. The van der Waals surface area contributed by atoms with Crippen LogP contribution in [-0.4, -0.2) is 37.0 Å². The minimum Gasteiger partial charge on any atom is -0.338 e. The summed E-state index contributed by atoms with van der Waals surface area (Å²) in [5.41, 5.74) is 3.44. The maximum Gasteiger partial charge on any atom is 0.254 e. The fourth-order valence-electron chi connectivity index (χ4n) is 3.88. The molecule has 2 saturated heterocycles. The van der Waals surface area contributed by atoms with Gasteiger partial charge in [0.15, 0.2) is 0 Å². The van der Waals surface area contributed by atoms with Crippen molar-refractivity contribution in [3.8, 4) is 0 Å². The van der Waals surface area contributed by atoms with Crippen molar-refractivity contribution in [3.05, 3.63) is 34.9 Å². The van der Waals surface area contributed by atoms with Crippen LogP contribution < -0.4 is 5.32 Å². The largest absolute Gasteiger partial charge is 0.338 e. The summed E-state index contributed by atoms with van der Waals surface area (Å²) in [5.74, 6) is 1.51. The highest BCUT2D eigenvalue weighted by atomic mass is 35.5. The van der Waals surface area contributed by atoms with Gasteiger partial charge in [-0.3, -0.25) is 4.79 Å². The number of hydrogen-bond acceptors (Lipinski definition) is 2. The number of nitrogens with one attached hydrogen (secondary N) is 1. The molecule has 1 N–H and O–H groups in total. The third kappa shape index (κ3) is 4.27. The molecule has 0 aliphatic carbocycles. The fourth-order valence-corrected chi connectivity index (χ4v) is 3.88. The molecule has 0 radical (unpaired) electrons. The second-order valence-corrected chi connectivity index (χ2v) is 7.10. The van der Waals surface area contributed by atoms with E-state index in [0.29, 0.717) is 11.8 Å². The van der Waals surface area contributed by atoms with Gasteiger partial charge in [0, 0.05) is 18.7 Å². The van der Waals surface area contributed by atoms with E-state index in [1.54, 1.807) is 0 Å². The van der Waals surface area contributed by atoms with Gasteiger partial charge in [0.2, 0.25) is 0 Å². The number of likely N-dealkylation sites (tertiary alicyclic amines) is 1. The number of nitrogens with zero attached hydrogens (tertiary/aromatic N) is 1. The first-order valence-electron chi connectivity index (χ1n) is 8.75. The third-order valence-corrected chi connectivity index (χ3v) is 5.24. The molecule has 0 bridgehead atoms. The van der Waals surface area contributed by atoms with Crippen LogP contribution in [-0.2, 0) is 0 Å². The van der Waals surface area contributed by atoms with E-state index >= 15 is 0 Å². The first-order chi connectivity index (χ1) is 10.6. The summed E-state index contributed by atoms with van der Waals surface area (Å²) in [6.45, 7) is 8.37. The van der Waals surface area contributed by atoms with Crippen LogP contribution in [0.3, 0.4) is 0 Å². The molecule has 0 saturated carbocycles. The van der Waals surface area contributed by atoms with Crippen molar-refractivity contribution >= 4 is 18.3 Å². The van der Waals surface area contributed by atoms with E-state index in [-0.39, 0.29) is 18.3 Å². The molecule has 1 unspecified atom stereocenters. The zero-order valence-electron chi connectivity index (χ0n) is 14.3. The number of benzene rings is 1. The lowest BCUT2D eigenvalue weighted by Crippen LogP contribution is -2.39. The van der Waals surface area contributed by atoms with Gasteiger partial charge in [0.25, 0.3) is 5.91 Å². The Morgan fingerprint density at radius 1 is 1.22 bits per heavy atom. The maximum absolute atomic E-state index is 12.8. The number of aryl methyl sites for hydroxylation is 1. The Balaban J connectivity index is 0.00000192. The number of halogens is 1. The van der Waals surface area contributed by atoms with Gasteiger partial charge in [-0.2, -0.15) is 0 Å². The Labute approximate surface area is 146 Å². The predicted molar refractivity (Wildman–Crippen MR) is 97.6 cm³/mol. The first-order valence-corrected chi connectivity index (χ1v) is 8.75. The smallest absolute Gasteiger partial charge is 0.254 e. The minimum atomic E-state index is 0. The zero-order valence-corrected chi connectivity index (χ0v) is 15.1. The average Bonchev–Trinajstić information content (AvgIpc) is 2.55. The van der Waals surface area contributed by atoms with Gasteiger partial charge in [-0.15, -0.1) is 12.4 Å². The number of carbonyl (C=O) groups is 1. The van der Waals surface area contributed by atoms with Gasteiger partial charge in [-0.05, 0) is 74.7 Å². The van der Waals surface area contributed by atoms with Gasteiger partial charge >= 0.3 is 0 Å². The Bertz CT molecular complexity index is 540. The zero-order chi connectivity index (χ0) is 15.5. The topological polar surface area (TPSA) is 32.3 Å². The van der Waals surface area contributed by atoms with E-state index in [4.69, 9.17) is 0 Å². The van der Waals surface area contributed by atoms with E-state index in [1.807, 2.05) is 4.90 Å². The lowest BCUT2D eigenvalue weighted by Gasteiger charge is -2.31. The molecular weight excluding hydrogens is 308 g/mol. The SMILES string of the molecule is Cc1cc(C2CCNCC2)ccc1C(=O)N1CCCC(C)C1.Cl. The number of rotatable bonds is 2. The van der Waals surface area contributed by atoms with Crippen molar-refractivity contribution in [2.45, 2.75) is 45.4 Å². The molecule has 4 heteroatoms. The second-order valence-electron chi connectivity index (χ2n) is 7.10. The van der Waals surface area contributed by atoms with Gasteiger partial charge in [0.1, 0.15) is 0 Å². The van der Waals surface area contributed by atoms with Crippen molar-refractivity contribution in [2.75, 3.05) is 26.2 Å². The highest BCUT2D eigenvalue weighted by Gasteiger charge is 2.24. The van der Waals surface area contributed by atoms with Crippen molar-refractivity contribution < 1.29 is 4.79 Å². The Hall–Kier alpha value is -1.06. The molecule has 1 amide bonds. The Morgan fingerprint density at radius 3 is 2.61 bits per heavy atom. The van der Waals surface area contributed by atoms with Crippen LogP contribution >= 0.6 is 12.4 Å². The lowest BCUT2D eigenvalue weighted by molar-refractivity contribution is 0.0682.